The average molecular weight is 469 g/mol. The van der Waals surface area contributed by atoms with Gasteiger partial charge in [-0.05, 0) is 12.8 Å². The summed E-state index contributed by atoms with van der Waals surface area (Å²) in [7, 11) is 0. The zero-order valence-corrected chi connectivity index (χ0v) is 17.5. The fourth-order valence-electron chi connectivity index (χ4n) is 4.38. The van der Waals surface area contributed by atoms with Crippen molar-refractivity contribution in [2.75, 3.05) is 13.2 Å². The SMILES string of the molecule is NC[C@@H]1O[C@H](O[C@H]2[C@H](O)[C@H](O[C@H]3O[C@@H](CO)[C@@H](O)[C@H](O)[C@@H]3O)[C@H](N)C[C@H]2N)[C@@H](N)C[C@@H]1O. The average Bonchev–Trinajstić information content (AvgIpc) is 2.75. The molecule has 2 heterocycles. The van der Waals surface area contributed by atoms with Gasteiger partial charge in [0.15, 0.2) is 12.6 Å². The topological polar surface area (TPSA) is 262 Å². The normalized spacial score (nSPS) is 52.7. The number of hydrogen-bond donors (Lipinski definition) is 10. The molecule has 0 amide bonds. The Morgan fingerprint density at radius 1 is 0.688 bits per heavy atom. The van der Waals surface area contributed by atoms with Crippen LogP contribution in [0, 0.1) is 0 Å². The quantitative estimate of drug-likeness (QED) is 0.174. The van der Waals surface area contributed by atoms with E-state index in [9.17, 15) is 30.6 Å². The fourth-order valence-corrected chi connectivity index (χ4v) is 4.38. The minimum absolute atomic E-state index is 0.0424. The van der Waals surface area contributed by atoms with Crippen LogP contribution in [-0.4, -0.2) is 129 Å². The van der Waals surface area contributed by atoms with Gasteiger partial charge in [0.2, 0.25) is 0 Å². The molecule has 0 aromatic heterocycles. The number of hydrogen-bond acceptors (Lipinski definition) is 14. The molecule has 0 aromatic carbocycles. The van der Waals surface area contributed by atoms with Crippen LogP contribution in [0.2, 0.25) is 0 Å². The summed E-state index contributed by atoms with van der Waals surface area (Å²) in [5, 5.41) is 60.4. The highest BCUT2D eigenvalue weighted by Gasteiger charge is 2.50. The molecule has 3 aliphatic rings. The van der Waals surface area contributed by atoms with Crippen molar-refractivity contribution in [3.8, 4) is 0 Å². The molecule has 1 aliphatic carbocycles. The Labute approximate surface area is 185 Å². The Morgan fingerprint density at radius 2 is 1.25 bits per heavy atom. The molecule has 14 atom stereocenters. The smallest absolute Gasteiger partial charge is 0.187 e. The van der Waals surface area contributed by atoms with E-state index in [2.05, 4.69) is 0 Å². The number of nitrogens with two attached hydrogens (primary N) is 4. The zero-order chi connectivity index (χ0) is 23.7. The first-order chi connectivity index (χ1) is 15.1. The summed E-state index contributed by atoms with van der Waals surface area (Å²) in [6.07, 6.45) is -13.3. The van der Waals surface area contributed by atoms with Gasteiger partial charge < -0.3 is 72.5 Å². The van der Waals surface area contributed by atoms with Crippen LogP contribution in [-0.2, 0) is 18.9 Å². The Morgan fingerprint density at radius 3 is 1.81 bits per heavy atom. The Balaban J connectivity index is 1.70. The lowest BCUT2D eigenvalue weighted by Gasteiger charge is -2.47. The van der Waals surface area contributed by atoms with Gasteiger partial charge in [-0.15, -0.1) is 0 Å². The number of aliphatic hydroxyl groups is 6. The molecule has 32 heavy (non-hydrogen) atoms. The van der Waals surface area contributed by atoms with Gasteiger partial charge in [0.1, 0.15) is 42.7 Å². The molecule has 188 valence electrons. The van der Waals surface area contributed by atoms with Gasteiger partial charge in [-0.2, -0.15) is 0 Å². The second-order valence-corrected chi connectivity index (χ2v) is 8.70. The molecule has 0 unspecified atom stereocenters. The van der Waals surface area contributed by atoms with Crippen LogP contribution in [0.15, 0.2) is 0 Å². The summed E-state index contributed by atoms with van der Waals surface area (Å²) < 4.78 is 22.5. The highest BCUT2D eigenvalue weighted by Crippen LogP contribution is 2.31. The summed E-state index contributed by atoms with van der Waals surface area (Å²) >= 11 is 0. The van der Waals surface area contributed by atoms with E-state index < -0.39 is 92.2 Å². The molecule has 14 N–H and O–H groups in total. The third-order valence-corrected chi connectivity index (χ3v) is 6.33. The lowest BCUT2D eigenvalue weighted by Crippen LogP contribution is -2.67. The Hall–Kier alpha value is -0.560. The maximum atomic E-state index is 10.9. The molecule has 0 aromatic rings. The summed E-state index contributed by atoms with van der Waals surface area (Å²) in [5.41, 5.74) is 23.9. The second kappa shape index (κ2) is 10.8. The van der Waals surface area contributed by atoms with Crippen molar-refractivity contribution in [1.29, 1.82) is 0 Å². The molecule has 2 aliphatic heterocycles. The molecule has 2 saturated heterocycles. The van der Waals surface area contributed by atoms with Crippen LogP contribution in [0.3, 0.4) is 0 Å². The predicted octanol–water partition coefficient (Wildman–Crippen LogP) is -6.26. The number of aliphatic hydroxyl groups excluding tert-OH is 6. The third-order valence-electron chi connectivity index (χ3n) is 6.33. The maximum absolute atomic E-state index is 10.9. The van der Waals surface area contributed by atoms with Crippen LogP contribution < -0.4 is 22.9 Å². The molecular formula is C18H36N4O10. The minimum atomic E-state index is -1.66. The molecular weight excluding hydrogens is 432 g/mol. The van der Waals surface area contributed by atoms with Crippen LogP contribution in [0.25, 0.3) is 0 Å². The van der Waals surface area contributed by atoms with Gasteiger partial charge in [-0.25, -0.2) is 0 Å². The van der Waals surface area contributed by atoms with E-state index in [1.807, 2.05) is 0 Å². The second-order valence-electron chi connectivity index (χ2n) is 8.70. The molecule has 3 rings (SSSR count). The summed E-state index contributed by atoms with van der Waals surface area (Å²) in [6, 6.07) is -2.20. The highest BCUT2D eigenvalue weighted by molar-refractivity contribution is 5.00. The molecule has 14 nitrogen and oxygen atoms in total. The van der Waals surface area contributed by atoms with Crippen LogP contribution in [0.1, 0.15) is 12.8 Å². The molecule has 0 spiro atoms. The van der Waals surface area contributed by atoms with Gasteiger partial charge in [0, 0.05) is 18.6 Å². The van der Waals surface area contributed by atoms with E-state index in [0.717, 1.165) is 0 Å². The van der Waals surface area contributed by atoms with Crippen molar-refractivity contribution in [3.63, 3.8) is 0 Å². The molecule has 3 fully saturated rings. The van der Waals surface area contributed by atoms with Gasteiger partial charge in [0.05, 0.1) is 24.9 Å². The van der Waals surface area contributed by atoms with Crippen LogP contribution >= 0.6 is 0 Å². The van der Waals surface area contributed by atoms with E-state index in [1.165, 1.54) is 0 Å². The monoisotopic (exact) mass is 468 g/mol. The summed E-state index contributed by atoms with van der Waals surface area (Å²) in [5.74, 6) is 0. The number of ether oxygens (including phenoxy) is 4. The van der Waals surface area contributed by atoms with Crippen molar-refractivity contribution in [2.24, 2.45) is 22.9 Å². The predicted molar refractivity (Wildman–Crippen MR) is 106 cm³/mol. The van der Waals surface area contributed by atoms with Crippen LogP contribution in [0.4, 0.5) is 0 Å². The molecule has 0 radical (unpaired) electrons. The van der Waals surface area contributed by atoms with E-state index in [1.54, 1.807) is 0 Å². The first kappa shape index (κ1) is 26.1. The lowest BCUT2D eigenvalue weighted by molar-refractivity contribution is -0.329. The molecule has 14 heteroatoms. The first-order valence-corrected chi connectivity index (χ1v) is 10.7. The van der Waals surface area contributed by atoms with E-state index >= 15 is 0 Å². The minimum Gasteiger partial charge on any atom is -0.394 e. The van der Waals surface area contributed by atoms with Gasteiger partial charge in [-0.3, -0.25) is 0 Å². The molecule has 0 bridgehead atoms. The maximum Gasteiger partial charge on any atom is 0.187 e. The highest BCUT2D eigenvalue weighted by atomic mass is 16.7. The molecule has 1 saturated carbocycles. The fraction of sp³-hybridized carbons (Fsp3) is 1.00. The van der Waals surface area contributed by atoms with E-state index in [-0.39, 0.29) is 19.4 Å². The summed E-state index contributed by atoms with van der Waals surface area (Å²) in [6.45, 7) is -0.591. The van der Waals surface area contributed by atoms with Crippen molar-refractivity contribution < 1.29 is 49.6 Å². The van der Waals surface area contributed by atoms with Crippen LogP contribution in [0.5, 0.6) is 0 Å². The summed E-state index contributed by atoms with van der Waals surface area (Å²) in [4.78, 5) is 0. The van der Waals surface area contributed by atoms with Gasteiger partial charge in [0.25, 0.3) is 0 Å². The lowest BCUT2D eigenvalue weighted by atomic mass is 9.84. The Bertz CT molecular complexity index is 606. The number of rotatable bonds is 6. The largest absolute Gasteiger partial charge is 0.394 e. The van der Waals surface area contributed by atoms with Gasteiger partial charge in [-0.1, -0.05) is 0 Å². The van der Waals surface area contributed by atoms with Crippen molar-refractivity contribution >= 4 is 0 Å². The van der Waals surface area contributed by atoms with Crippen molar-refractivity contribution in [1.82, 2.24) is 0 Å². The van der Waals surface area contributed by atoms with Gasteiger partial charge >= 0.3 is 0 Å². The third kappa shape index (κ3) is 5.24. The van der Waals surface area contributed by atoms with E-state index in [4.69, 9.17) is 41.9 Å². The Kier molecular flexibility index (Phi) is 8.79. The zero-order valence-electron chi connectivity index (χ0n) is 17.5. The standard InChI is InChI=1S/C18H36N4O10/c19-3-9-8(24)2-7(22)17(29-9)31-15-5(20)1-6(21)16(14(15)28)32-18-13(27)12(26)11(25)10(4-23)30-18/h5-18,23-28H,1-4,19-22H2/t5-,6-,7+,8+,9+,10+,11-,12+,13+,14+,15-,16-,17-,18-/m1/s1. The first-order valence-electron chi connectivity index (χ1n) is 10.7. The van der Waals surface area contributed by atoms with Crippen molar-refractivity contribution in [2.45, 2.75) is 98.5 Å². The van der Waals surface area contributed by atoms with E-state index in [0.29, 0.717) is 0 Å². The van der Waals surface area contributed by atoms with Crippen molar-refractivity contribution in [3.05, 3.63) is 0 Å².